The SMILES string of the molecule is O=C(NC1CCCCCC1O)C1Cc2cc(Cl)ccc2O1. The Morgan fingerprint density at radius 1 is 1.29 bits per heavy atom. The van der Waals surface area contributed by atoms with Crippen LogP contribution in [0.15, 0.2) is 18.2 Å². The lowest BCUT2D eigenvalue weighted by molar-refractivity contribution is -0.128. The van der Waals surface area contributed by atoms with Crippen molar-refractivity contribution in [2.75, 3.05) is 0 Å². The highest BCUT2D eigenvalue weighted by molar-refractivity contribution is 6.30. The molecule has 3 unspecified atom stereocenters. The maximum Gasteiger partial charge on any atom is 0.261 e. The van der Waals surface area contributed by atoms with Gasteiger partial charge in [-0.1, -0.05) is 30.9 Å². The number of carbonyl (C=O) groups is 1. The Labute approximate surface area is 129 Å². The Morgan fingerprint density at radius 3 is 2.95 bits per heavy atom. The summed E-state index contributed by atoms with van der Waals surface area (Å²) in [5.74, 6) is 0.578. The second kappa shape index (κ2) is 6.24. The van der Waals surface area contributed by atoms with E-state index in [4.69, 9.17) is 16.3 Å². The number of nitrogens with one attached hydrogen (secondary N) is 1. The van der Waals surface area contributed by atoms with E-state index in [9.17, 15) is 9.90 Å². The molecule has 1 aliphatic carbocycles. The largest absolute Gasteiger partial charge is 0.480 e. The predicted molar refractivity (Wildman–Crippen MR) is 80.6 cm³/mol. The molecule has 0 aromatic heterocycles. The zero-order valence-corrected chi connectivity index (χ0v) is 12.6. The Morgan fingerprint density at radius 2 is 2.10 bits per heavy atom. The Hall–Kier alpha value is -1.26. The molecule has 2 aliphatic rings. The summed E-state index contributed by atoms with van der Waals surface area (Å²) in [5.41, 5.74) is 0.962. The van der Waals surface area contributed by atoms with E-state index >= 15 is 0 Å². The standard InChI is InChI=1S/C16H20ClNO3/c17-11-6-7-14-10(8-11)9-15(21-14)16(20)18-12-4-2-1-3-5-13(12)19/h6-8,12-13,15,19H,1-5,9H2,(H,18,20). The van der Waals surface area contributed by atoms with Gasteiger partial charge < -0.3 is 15.2 Å². The third-order valence-corrected chi connectivity index (χ3v) is 4.53. The maximum absolute atomic E-state index is 12.3. The van der Waals surface area contributed by atoms with Crippen LogP contribution in [0.25, 0.3) is 0 Å². The third-order valence-electron chi connectivity index (χ3n) is 4.30. The van der Waals surface area contributed by atoms with Crippen molar-refractivity contribution in [3.8, 4) is 5.75 Å². The number of amides is 1. The molecule has 0 radical (unpaired) electrons. The number of aliphatic hydroxyl groups is 1. The highest BCUT2D eigenvalue weighted by Crippen LogP contribution is 2.31. The van der Waals surface area contributed by atoms with Crippen LogP contribution < -0.4 is 10.1 Å². The van der Waals surface area contributed by atoms with Crippen molar-refractivity contribution in [1.82, 2.24) is 5.32 Å². The van der Waals surface area contributed by atoms with Crippen molar-refractivity contribution in [3.63, 3.8) is 0 Å². The van der Waals surface area contributed by atoms with E-state index in [2.05, 4.69) is 5.32 Å². The number of rotatable bonds is 2. The molecule has 3 atom stereocenters. The van der Waals surface area contributed by atoms with Crippen LogP contribution in [-0.4, -0.2) is 29.3 Å². The molecule has 114 valence electrons. The van der Waals surface area contributed by atoms with Gasteiger partial charge in [0.15, 0.2) is 6.10 Å². The number of halogens is 1. The van der Waals surface area contributed by atoms with Crippen molar-refractivity contribution in [1.29, 1.82) is 0 Å². The van der Waals surface area contributed by atoms with E-state index in [1.165, 1.54) is 0 Å². The summed E-state index contributed by atoms with van der Waals surface area (Å²) in [4.78, 5) is 12.3. The van der Waals surface area contributed by atoms with Crippen LogP contribution in [0.1, 0.15) is 37.7 Å². The van der Waals surface area contributed by atoms with Gasteiger partial charge in [-0.05, 0) is 36.6 Å². The first-order chi connectivity index (χ1) is 10.1. The van der Waals surface area contributed by atoms with E-state index < -0.39 is 12.2 Å². The first kappa shape index (κ1) is 14.7. The van der Waals surface area contributed by atoms with Gasteiger partial charge in [0.05, 0.1) is 12.1 Å². The predicted octanol–water partition coefficient (Wildman–Crippen LogP) is 2.45. The molecule has 1 heterocycles. The molecule has 21 heavy (non-hydrogen) atoms. The average molecular weight is 310 g/mol. The molecule has 1 aliphatic heterocycles. The van der Waals surface area contributed by atoms with Crippen LogP contribution in [-0.2, 0) is 11.2 Å². The minimum Gasteiger partial charge on any atom is -0.480 e. The molecule has 1 aromatic rings. The van der Waals surface area contributed by atoms with E-state index in [-0.39, 0.29) is 11.9 Å². The molecule has 1 amide bonds. The molecular weight excluding hydrogens is 290 g/mol. The molecule has 1 saturated carbocycles. The molecular formula is C16H20ClNO3. The first-order valence-electron chi connectivity index (χ1n) is 7.57. The molecule has 1 fully saturated rings. The van der Waals surface area contributed by atoms with Crippen molar-refractivity contribution in [2.24, 2.45) is 0 Å². The zero-order valence-electron chi connectivity index (χ0n) is 11.8. The minimum absolute atomic E-state index is 0.145. The fourth-order valence-corrected chi connectivity index (χ4v) is 3.29. The Bertz CT molecular complexity index is 534. The molecule has 4 nitrogen and oxygen atoms in total. The van der Waals surface area contributed by atoms with Crippen LogP contribution >= 0.6 is 11.6 Å². The van der Waals surface area contributed by atoms with E-state index in [0.717, 1.165) is 43.4 Å². The molecule has 0 bridgehead atoms. The molecule has 5 heteroatoms. The van der Waals surface area contributed by atoms with Crippen molar-refractivity contribution < 1.29 is 14.6 Å². The van der Waals surface area contributed by atoms with Gasteiger partial charge in [0.2, 0.25) is 0 Å². The monoisotopic (exact) mass is 309 g/mol. The molecule has 1 aromatic carbocycles. The highest BCUT2D eigenvalue weighted by Gasteiger charge is 2.32. The van der Waals surface area contributed by atoms with Crippen LogP contribution in [0.5, 0.6) is 5.75 Å². The quantitative estimate of drug-likeness (QED) is 0.825. The molecule has 2 N–H and O–H groups in total. The van der Waals surface area contributed by atoms with Crippen molar-refractivity contribution in [2.45, 2.75) is 56.8 Å². The summed E-state index contributed by atoms with van der Waals surface area (Å²) < 4.78 is 5.68. The zero-order chi connectivity index (χ0) is 14.8. The summed E-state index contributed by atoms with van der Waals surface area (Å²) in [7, 11) is 0. The van der Waals surface area contributed by atoms with Gasteiger partial charge >= 0.3 is 0 Å². The number of ether oxygens (including phenoxy) is 1. The van der Waals surface area contributed by atoms with Crippen LogP contribution in [0.3, 0.4) is 0 Å². The second-order valence-corrected chi connectivity index (χ2v) is 6.32. The maximum atomic E-state index is 12.3. The summed E-state index contributed by atoms with van der Waals surface area (Å²) in [6, 6.07) is 5.24. The lowest BCUT2D eigenvalue weighted by Gasteiger charge is -2.23. The fraction of sp³-hybridized carbons (Fsp3) is 0.562. The highest BCUT2D eigenvalue weighted by atomic mass is 35.5. The van der Waals surface area contributed by atoms with E-state index in [1.54, 1.807) is 12.1 Å². The minimum atomic E-state index is -0.520. The number of hydrogen-bond donors (Lipinski definition) is 2. The van der Waals surface area contributed by atoms with Gasteiger partial charge in [-0.15, -0.1) is 0 Å². The smallest absolute Gasteiger partial charge is 0.261 e. The number of benzene rings is 1. The average Bonchev–Trinajstić information content (AvgIpc) is 2.78. The van der Waals surface area contributed by atoms with Crippen molar-refractivity contribution in [3.05, 3.63) is 28.8 Å². The Balaban J connectivity index is 1.62. The van der Waals surface area contributed by atoms with Crippen LogP contribution in [0.4, 0.5) is 0 Å². The lowest BCUT2D eigenvalue weighted by atomic mass is 10.0. The van der Waals surface area contributed by atoms with Crippen molar-refractivity contribution >= 4 is 17.5 Å². The first-order valence-corrected chi connectivity index (χ1v) is 7.95. The van der Waals surface area contributed by atoms with Gasteiger partial charge in [-0.2, -0.15) is 0 Å². The van der Waals surface area contributed by atoms with E-state index in [0.29, 0.717) is 11.4 Å². The molecule has 3 rings (SSSR count). The number of carbonyl (C=O) groups excluding carboxylic acids is 1. The normalized spacial score (nSPS) is 28.4. The molecule has 0 spiro atoms. The van der Waals surface area contributed by atoms with Gasteiger partial charge in [0, 0.05) is 11.4 Å². The van der Waals surface area contributed by atoms with Gasteiger partial charge in [0.1, 0.15) is 5.75 Å². The fourth-order valence-electron chi connectivity index (χ4n) is 3.10. The van der Waals surface area contributed by atoms with Gasteiger partial charge in [-0.25, -0.2) is 0 Å². The molecule has 0 saturated heterocycles. The number of aliphatic hydroxyl groups excluding tert-OH is 1. The lowest BCUT2D eigenvalue weighted by Crippen LogP contribution is -2.48. The summed E-state index contributed by atoms with van der Waals surface area (Å²) in [6.45, 7) is 0. The number of hydrogen-bond acceptors (Lipinski definition) is 3. The van der Waals surface area contributed by atoms with Crippen LogP contribution in [0.2, 0.25) is 5.02 Å². The van der Waals surface area contributed by atoms with Crippen LogP contribution in [0, 0.1) is 0 Å². The topological polar surface area (TPSA) is 58.6 Å². The van der Waals surface area contributed by atoms with Gasteiger partial charge in [0.25, 0.3) is 5.91 Å². The van der Waals surface area contributed by atoms with E-state index in [1.807, 2.05) is 6.07 Å². The summed E-state index contributed by atoms with van der Waals surface area (Å²) in [6.07, 6.45) is 4.34. The Kier molecular flexibility index (Phi) is 4.36. The third kappa shape index (κ3) is 3.33. The van der Waals surface area contributed by atoms with Gasteiger partial charge in [-0.3, -0.25) is 4.79 Å². The second-order valence-electron chi connectivity index (χ2n) is 5.88. The summed E-state index contributed by atoms with van der Waals surface area (Å²) in [5, 5.41) is 13.7. The summed E-state index contributed by atoms with van der Waals surface area (Å²) >= 11 is 5.95. The number of fused-ring (bicyclic) bond motifs is 1.